The van der Waals surface area contributed by atoms with Crippen LogP contribution in [-0.2, 0) is 10.0 Å². The van der Waals surface area contributed by atoms with Crippen LogP contribution in [0.15, 0.2) is 27.6 Å². The van der Waals surface area contributed by atoms with Crippen LogP contribution in [0.5, 0.6) is 0 Å². The molecule has 4 nitrogen and oxygen atoms in total. The Kier molecular flexibility index (Phi) is 5.69. The topological polar surface area (TPSA) is 40.6 Å². The fourth-order valence-electron chi connectivity index (χ4n) is 3.83. The molecule has 2 saturated heterocycles. The van der Waals surface area contributed by atoms with Crippen molar-refractivity contribution in [3.63, 3.8) is 0 Å². The van der Waals surface area contributed by atoms with E-state index in [0.29, 0.717) is 24.0 Å². The lowest BCUT2D eigenvalue weighted by atomic mass is 9.95. The average molecular weight is 415 g/mol. The van der Waals surface area contributed by atoms with Gasteiger partial charge in [-0.1, -0.05) is 28.9 Å². The monoisotopic (exact) mass is 414 g/mol. The predicted molar refractivity (Wildman–Crippen MR) is 101 cm³/mol. The molecule has 0 spiro atoms. The van der Waals surface area contributed by atoms with Gasteiger partial charge >= 0.3 is 0 Å². The van der Waals surface area contributed by atoms with E-state index in [0.717, 1.165) is 28.8 Å². The first kappa shape index (κ1) is 18.4. The van der Waals surface area contributed by atoms with Crippen molar-refractivity contribution in [2.24, 2.45) is 5.92 Å². The molecular formula is C18H27BrN2O2S. The highest BCUT2D eigenvalue weighted by molar-refractivity contribution is 9.10. The van der Waals surface area contributed by atoms with Crippen LogP contribution < -0.4 is 0 Å². The Bertz CT molecular complexity index is 676. The van der Waals surface area contributed by atoms with Crippen LogP contribution in [0.4, 0.5) is 0 Å². The lowest BCUT2D eigenvalue weighted by molar-refractivity contribution is 0.101. The molecule has 3 rings (SSSR count). The molecule has 6 heteroatoms. The molecule has 2 fully saturated rings. The molecule has 0 aromatic heterocycles. The third-order valence-electron chi connectivity index (χ3n) is 5.53. The molecule has 0 saturated carbocycles. The summed E-state index contributed by atoms with van der Waals surface area (Å²) in [6, 6.07) is 6.02. The quantitative estimate of drug-likeness (QED) is 0.757. The molecule has 24 heavy (non-hydrogen) atoms. The van der Waals surface area contributed by atoms with Gasteiger partial charge in [0.15, 0.2) is 0 Å². The number of halogens is 1. The standard InChI is InChI=1S/C18H27BrN2O2S/c1-14-5-9-20(10-6-14)17-7-11-21(12-8-17)24(22,23)18-13-16(19)4-3-15(18)2/h3-4,13-14,17H,5-12H2,1-2H3. The zero-order valence-corrected chi connectivity index (χ0v) is 16.9. The van der Waals surface area contributed by atoms with Crippen LogP contribution >= 0.6 is 15.9 Å². The maximum atomic E-state index is 13.0. The van der Waals surface area contributed by atoms with E-state index in [1.165, 1.54) is 25.9 Å². The van der Waals surface area contributed by atoms with Gasteiger partial charge in [0.05, 0.1) is 4.90 Å². The Hall–Kier alpha value is -0.430. The molecule has 0 radical (unpaired) electrons. The van der Waals surface area contributed by atoms with Gasteiger partial charge in [0.25, 0.3) is 0 Å². The Balaban J connectivity index is 1.66. The zero-order chi connectivity index (χ0) is 17.3. The summed E-state index contributed by atoms with van der Waals surface area (Å²) in [6.07, 6.45) is 4.44. The molecule has 0 unspecified atom stereocenters. The summed E-state index contributed by atoms with van der Waals surface area (Å²) in [6.45, 7) is 7.79. The maximum Gasteiger partial charge on any atom is 0.243 e. The van der Waals surface area contributed by atoms with Crippen molar-refractivity contribution in [2.45, 2.75) is 50.5 Å². The molecule has 0 bridgehead atoms. The van der Waals surface area contributed by atoms with Crippen molar-refractivity contribution in [2.75, 3.05) is 26.2 Å². The van der Waals surface area contributed by atoms with E-state index in [1.807, 2.05) is 19.1 Å². The fourth-order valence-corrected chi connectivity index (χ4v) is 6.07. The second kappa shape index (κ2) is 7.44. The Labute approximate surface area is 154 Å². The number of nitrogens with zero attached hydrogens (tertiary/aromatic N) is 2. The highest BCUT2D eigenvalue weighted by Crippen LogP contribution is 2.28. The van der Waals surface area contributed by atoms with Crippen LogP contribution in [-0.4, -0.2) is 49.8 Å². The molecule has 2 aliphatic rings. The minimum absolute atomic E-state index is 0.433. The van der Waals surface area contributed by atoms with Crippen LogP contribution in [0.25, 0.3) is 0 Å². The zero-order valence-electron chi connectivity index (χ0n) is 14.5. The maximum absolute atomic E-state index is 13.0. The summed E-state index contributed by atoms with van der Waals surface area (Å²) in [5.74, 6) is 0.834. The second-order valence-electron chi connectivity index (χ2n) is 7.26. The largest absolute Gasteiger partial charge is 0.300 e. The van der Waals surface area contributed by atoms with E-state index in [4.69, 9.17) is 0 Å². The van der Waals surface area contributed by atoms with Crippen molar-refractivity contribution in [1.82, 2.24) is 9.21 Å². The lowest BCUT2D eigenvalue weighted by Gasteiger charge is -2.41. The summed E-state index contributed by atoms with van der Waals surface area (Å²) in [5, 5.41) is 0. The minimum atomic E-state index is -3.39. The molecule has 0 atom stereocenters. The van der Waals surface area contributed by atoms with Crippen LogP contribution in [0.1, 0.15) is 38.2 Å². The van der Waals surface area contributed by atoms with Crippen molar-refractivity contribution < 1.29 is 8.42 Å². The van der Waals surface area contributed by atoms with Crippen molar-refractivity contribution in [1.29, 1.82) is 0 Å². The summed E-state index contributed by atoms with van der Waals surface area (Å²) in [4.78, 5) is 3.01. The van der Waals surface area contributed by atoms with E-state index in [1.54, 1.807) is 10.4 Å². The number of hydrogen-bond acceptors (Lipinski definition) is 3. The number of piperidine rings is 2. The molecule has 2 heterocycles. The van der Waals surface area contributed by atoms with Crippen molar-refractivity contribution >= 4 is 26.0 Å². The van der Waals surface area contributed by atoms with Gasteiger partial charge in [-0.25, -0.2) is 8.42 Å². The number of benzene rings is 1. The highest BCUT2D eigenvalue weighted by Gasteiger charge is 2.33. The summed E-state index contributed by atoms with van der Waals surface area (Å²) in [5.41, 5.74) is 0.811. The van der Waals surface area contributed by atoms with E-state index < -0.39 is 10.0 Å². The van der Waals surface area contributed by atoms with Crippen LogP contribution in [0.2, 0.25) is 0 Å². The number of rotatable bonds is 3. The Morgan fingerprint density at radius 2 is 1.67 bits per heavy atom. The third-order valence-corrected chi connectivity index (χ3v) is 8.06. The predicted octanol–water partition coefficient (Wildman–Crippen LogP) is 3.64. The Morgan fingerprint density at radius 3 is 2.29 bits per heavy atom. The van der Waals surface area contributed by atoms with Gasteiger partial charge < -0.3 is 4.90 Å². The Morgan fingerprint density at radius 1 is 1.04 bits per heavy atom. The molecule has 1 aromatic rings. The van der Waals surface area contributed by atoms with Gasteiger partial charge in [0.1, 0.15) is 0 Å². The normalized spacial score (nSPS) is 22.8. The van der Waals surface area contributed by atoms with Crippen LogP contribution in [0.3, 0.4) is 0 Å². The smallest absolute Gasteiger partial charge is 0.243 e. The van der Waals surface area contributed by atoms with Gasteiger partial charge in [-0.05, 0) is 69.3 Å². The van der Waals surface area contributed by atoms with E-state index >= 15 is 0 Å². The summed E-state index contributed by atoms with van der Waals surface area (Å²) >= 11 is 3.39. The summed E-state index contributed by atoms with van der Waals surface area (Å²) in [7, 11) is -3.39. The molecule has 2 aliphatic heterocycles. The molecule has 0 N–H and O–H groups in total. The van der Waals surface area contributed by atoms with Crippen LogP contribution in [0, 0.1) is 12.8 Å². The number of likely N-dealkylation sites (tertiary alicyclic amines) is 1. The van der Waals surface area contributed by atoms with E-state index in [9.17, 15) is 8.42 Å². The number of hydrogen-bond donors (Lipinski definition) is 0. The fraction of sp³-hybridized carbons (Fsp3) is 0.667. The molecule has 134 valence electrons. The first-order chi connectivity index (χ1) is 11.4. The van der Waals surface area contributed by atoms with E-state index in [-0.39, 0.29) is 0 Å². The van der Waals surface area contributed by atoms with Gasteiger partial charge in [0.2, 0.25) is 10.0 Å². The first-order valence-electron chi connectivity index (χ1n) is 8.88. The van der Waals surface area contributed by atoms with Gasteiger partial charge in [-0.3, -0.25) is 0 Å². The lowest BCUT2D eigenvalue weighted by Crippen LogP contribution is -2.48. The van der Waals surface area contributed by atoms with E-state index in [2.05, 4.69) is 27.8 Å². The molecule has 1 aromatic carbocycles. The number of aryl methyl sites for hydroxylation is 1. The van der Waals surface area contributed by atoms with Crippen molar-refractivity contribution in [3.05, 3.63) is 28.2 Å². The molecular weight excluding hydrogens is 388 g/mol. The first-order valence-corrected chi connectivity index (χ1v) is 11.1. The highest BCUT2D eigenvalue weighted by atomic mass is 79.9. The van der Waals surface area contributed by atoms with Gasteiger partial charge in [-0.2, -0.15) is 4.31 Å². The third kappa shape index (κ3) is 3.87. The number of sulfonamides is 1. The van der Waals surface area contributed by atoms with Gasteiger partial charge in [0, 0.05) is 23.6 Å². The molecule has 0 aliphatic carbocycles. The minimum Gasteiger partial charge on any atom is -0.300 e. The average Bonchev–Trinajstić information content (AvgIpc) is 2.58. The SMILES string of the molecule is Cc1ccc(Br)cc1S(=O)(=O)N1CCC(N2CCC(C)CC2)CC1. The second-order valence-corrected chi connectivity index (χ2v) is 10.1. The van der Waals surface area contributed by atoms with Crippen molar-refractivity contribution in [3.8, 4) is 0 Å². The van der Waals surface area contributed by atoms with Gasteiger partial charge in [-0.15, -0.1) is 0 Å². The molecule has 0 amide bonds. The summed E-state index contributed by atoms with van der Waals surface area (Å²) < 4.78 is 28.4.